The Balaban J connectivity index is 2.01. The molecule has 2 N–H and O–H groups in total. The second kappa shape index (κ2) is 6.29. The Kier molecular flexibility index (Phi) is 4.69. The highest BCUT2D eigenvalue weighted by molar-refractivity contribution is 5.91. The molecule has 2 atom stereocenters. The van der Waals surface area contributed by atoms with Gasteiger partial charge in [0.1, 0.15) is 0 Å². The molecular weight excluding hydrogens is 248 g/mol. The molecule has 2 unspecified atom stereocenters. The Labute approximate surface area is 122 Å². The predicted molar refractivity (Wildman–Crippen MR) is 84.2 cm³/mol. The van der Waals surface area contributed by atoms with Gasteiger partial charge in [-0.2, -0.15) is 0 Å². The lowest BCUT2D eigenvalue weighted by Crippen LogP contribution is -2.43. The molecule has 0 aliphatic heterocycles. The van der Waals surface area contributed by atoms with E-state index in [1.165, 1.54) is 24.8 Å². The summed E-state index contributed by atoms with van der Waals surface area (Å²) in [4.78, 5) is 12.2. The molecule has 0 heterocycles. The van der Waals surface area contributed by atoms with E-state index in [0.29, 0.717) is 12.0 Å². The topological polar surface area (TPSA) is 41.1 Å². The van der Waals surface area contributed by atoms with E-state index in [1.807, 2.05) is 13.8 Å². The molecule has 20 heavy (non-hydrogen) atoms. The number of hydrogen-bond acceptors (Lipinski definition) is 1. The Hall–Kier alpha value is -1.51. The van der Waals surface area contributed by atoms with E-state index in [1.54, 1.807) is 0 Å². The third-order valence-corrected chi connectivity index (χ3v) is 4.34. The van der Waals surface area contributed by atoms with E-state index in [-0.39, 0.29) is 6.03 Å². The standard InChI is InChI=1S/C17H26N2O/c1-11-9-13(3)16(14(4)10-11)19-17(20)18-15-8-6-5-7-12(15)2/h9-10,12,15H,5-8H2,1-4H3,(H2,18,19,20). The van der Waals surface area contributed by atoms with Crippen LogP contribution in [0.15, 0.2) is 12.1 Å². The lowest BCUT2D eigenvalue weighted by molar-refractivity contribution is 0.232. The summed E-state index contributed by atoms with van der Waals surface area (Å²) in [5.74, 6) is 0.578. The maximum absolute atomic E-state index is 12.2. The molecule has 2 rings (SSSR count). The molecule has 0 bridgehead atoms. The van der Waals surface area contributed by atoms with Crippen molar-refractivity contribution in [2.45, 2.75) is 59.4 Å². The van der Waals surface area contributed by atoms with Crippen LogP contribution in [0.1, 0.15) is 49.3 Å². The van der Waals surface area contributed by atoms with E-state index >= 15 is 0 Å². The van der Waals surface area contributed by atoms with E-state index in [4.69, 9.17) is 0 Å². The molecule has 1 aliphatic rings. The Morgan fingerprint density at radius 3 is 2.30 bits per heavy atom. The number of carbonyl (C=O) groups excluding carboxylic acids is 1. The van der Waals surface area contributed by atoms with Crippen LogP contribution < -0.4 is 10.6 Å². The van der Waals surface area contributed by atoms with E-state index < -0.39 is 0 Å². The summed E-state index contributed by atoms with van der Waals surface area (Å²) in [5, 5.41) is 6.16. The van der Waals surface area contributed by atoms with Crippen LogP contribution in [-0.2, 0) is 0 Å². The maximum Gasteiger partial charge on any atom is 0.319 e. The normalized spacial score (nSPS) is 22.4. The van der Waals surface area contributed by atoms with Gasteiger partial charge in [-0.15, -0.1) is 0 Å². The molecule has 2 amide bonds. The number of anilines is 1. The molecule has 3 heteroatoms. The highest BCUT2D eigenvalue weighted by atomic mass is 16.2. The molecule has 1 aromatic carbocycles. The zero-order valence-electron chi connectivity index (χ0n) is 13.0. The van der Waals surface area contributed by atoms with Crippen LogP contribution in [0, 0.1) is 26.7 Å². The largest absolute Gasteiger partial charge is 0.335 e. The van der Waals surface area contributed by atoms with Gasteiger partial charge in [-0.1, -0.05) is 37.5 Å². The number of nitrogens with one attached hydrogen (secondary N) is 2. The van der Waals surface area contributed by atoms with Crippen molar-refractivity contribution in [3.05, 3.63) is 28.8 Å². The van der Waals surface area contributed by atoms with Gasteiger partial charge in [-0.25, -0.2) is 4.79 Å². The summed E-state index contributed by atoms with van der Waals surface area (Å²) >= 11 is 0. The first-order chi connectivity index (χ1) is 9.47. The summed E-state index contributed by atoms with van der Waals surface area (Å²) in [7, 11) is 0. The van der Waals surface area contributed by atoms with E-state index in [2.05, 4.69) is 36.6 Å². The number of urea groups is 1. The lowest BCUT2D eigenvalue weighted by atomic mass is 9.86. The Morgan fingerprint density at radius 2 is 1.70 bits per heavy atom. The molecule has 1 fully saturated rings. The van der Waals surface area contributed by atoms with Gasteiger partial charge in [0.05, 0.1) is 0 Å². The molecule has 0 aromatic heterocycles. The van der Waals surface area contributed by atoms with Crippen molar-refractivity contribution in [2.24, 2.45) is 5.92 Å². The first-order valence-corrected chi connectivity index (χ1v) is 7.62. The fourth-order valence-corrected chi connectivity index (χ4v) is 3.23. The average Bonchev–Trinajstić information content (AvgIpc) is 2.36. The second-order valence-electron chi connectivity index (χ2n) is 6.24. The van der Waals surface area contributed by atoms with Crippen LogP contribution in [-0.4, -0.2) is 12.1 Å². The summed E-state index contributed by atoms with van der Waals surface area (Å²) in [5.41, 5.74) is 4.41. The molecular formula is C17H26N2O. The predicted octanol–water partition coefficient (Wildman–Crippen LogP) is 4.31. The van der Waals surface area contributed by atoms with Crippen molar-refractivity contribution in [1.29, 1.82) is 0 Å². The van der Waals surface area contributed by atoms with Gasteiger partial charge >= 0.3 is 6.03 Å². The molecule has 1 aromatic rings. The molecule has 0 radical (unpaired) electrons. The molecule has 0 saturated heterocycles. The second-order valence-corrected chi connectivity index (χ2v) is 6.24. The third-order valence-electron chi connectivity index (χ3n) is 4.34. The molecule has 0 spiro atoms. The summed E-state index contributed by atoms with van der Waals surface area (Å²) < 4.78 is 0. The summed E-state index contributed by atoms with van der Waals surface area (Å²) in [6.45, 7) is 8.39. The SMILES string of the molecule is Cc1cc(C)c(NC(=O)NC2CCCCC2C)c(C)c1. The van der Waals surface area contributed by atoms with Crippen LogP contribution in [0.2, 0.25) is 0 Å². The molecule has 3 nitrogen and oxygen atoms in total. The Morgan fingerprint density at radius 1 is 1.10 bits per heavy atom. The number of carbonyl (C=O) groups is 1. The van der Waals surface area contributed by atoms with Gasteiger partial charge in [-0.05, 0) is 50.7 Å². The van der Waals surface area contributed by atoms with Gasteiger partial charge in [0.15, 0.2) is 0 Å². The van der Waals surface area contributed by atoms with Crippen molar-refractivity contribution in [3.8, 4) is 0 Å². The zero-order chi connectivity index (χ0) is 14.7. The molecule has 1 saturated carbocycles. The van der Waals surface area contributed by atoms with Crippen LogP contribution in [0.3, 0.4) is 0 Å². The van der Waals surface area contributed by atoms with Crippen LogP contribution in [0.4, 0.5) is 10.5 Å². The minimum absolute atomic E-state index is 0.0706. The van der Waals surface area contributed by atoms with Crippen LogP contribution >= 0.6 is 0 Å². The lowest BCUT2D eigenvalue weighted by Gasteiger charge is -2.29. The maximum atomic E-state index is 12.2. The molecule has 1 aliphatic carbocycles. The van der Waals surface area contributed by atoms with E-state index in [9.17, 15) is 4.79 Å². The first kappa shape index (κ1) is 14.9. The minimum atomic E-state index is -0.0706. The number of rotatable bonds is 2. The number of amides is 2. The fourth-order valence-electron chi connectivity index (χ4n) is 3.23. The van der Waals surface area contributed by atoms with Crippen molar-refractivity contribution in [1.82, 2.24) is 5.32 Å². The minimum Gasteiger partial charge on any atom is -0.335 e. The van der Waals surface area contributed by atoms with Crippen molar-refractivity contribution in [2.75, 3.05) is 5.32 Å². The van der Waals surface area contributed by atoms with Crippen LogP contribution in [0.5, 0.6) is 0 Å². The van der Waals surface area contributed by atoms with Crippen molar-refractivity contribution < 1.29 is 4.79 Å². The van der Waals surface area contributed by atoms with Gasteiger partial charge in [-0.3, -0.25) is 0 Å². The third kappa shape index (κ3) is 3.53. The summed E-state index contributed by atoms with van der Waals surface area (Å²) in [6, 6.07) is 4.45. The zero-order valence-corrected chi connectivity index (χ0v) is 13.0. The van der Waals surface area contributed by atoms with Crippen molar-refractivity contribution in [3.63, 3.8) is 0 Å². The number of aryl methyl sites for hydroxylation is 3. The fraction of sp³-hybridized carbons (Fsp3) is 0.588. The van der Waals surface area contributed by atoms with Gasteiger partial charge in [0.25, 0.3) is 0 Å². The molecule has 110 valence electrons. The number of hydrogen-bond donors (Lipinski definition) is 2. The Bertz CT molecular complexity index is 473. The van der Waals surface area contributed by atoms with Crippen LogP contribution in [0.25, 0.3) is 0 Å². The van der Waals surface area contributed by atoms with Crippen molar-refractivity contribution >= 4 is 11.7 Å². The van der Waals surface area contributed by atoms with Gasteiger partial charge in [0, 0.05) is 11.7 Å². The highest BCUT2D eigenvalue weighted by Gasteiger charge is 2.23. The smallest absolute Gasteiger partial charge is 0.319 e. The quantitative estimate of drug-likeness (QED) is 0.829. The average molecular weight is 274 g/mol. The van der Waals surface area contributed by atoms with Gasteiger partial charge in [0.2, 0.25) is 0 Å². The monoisotopic (exact) mass is 274 g/mol. The number of benzene rings is 1. The van der Waals surface area contributed by atoms with E-state index in [0.717, 1.165) is 23.2 Å². The first-order valence-electron chi connectivity index (χ1n) is 7.62. The highest BCUT2D eigenvalue weighted by Crippen LogP contribution is 2.25. The van der Waals surface area contributed by atoms with Gasteiger partial charge < -0.3 is 10.6 Å². The summed E-state index contributed by atoms with van der Waals surface area (Å²) in [6.07, 6.45) is 4.82.